The summed E-state index contributed by atoms with van der Waals surface area (Å²) in [4.78, 5) is 34.0. The number of esters is 1. The van der Waals surface area contributed by atoms with Crippen molar-refractivity contribution in [3.8, 4) is 34.0 Å². The van der Waals surface area contributed by atoms with Crippen LogP contribution in [0.5, 0.6) is 11.5 Å². The largest absolute Gasteiger partial charge is 0.493 e. The van der Waals surface area contributed by atoms with E-state index in [2.05, 4.69) is 58.7 Å². The second-order valence-corrected chi connectivity index (χ2v) is 18.3. The number of ether oxygens (including phenoxy) is 3. The molecule has 60 heavy (non-hydrogen) atoms. The van der Waals surface area contributed by atoms with Crippen molar-refractivity contribution in [2.75, 3.05) is 19.8 Å². The van der Waals surface area contributed by atoms with Crippen LogP contribution in [0.15, 0.2) is 72.8 Å². The summed E-state index contributed by atoms with van der Waals surface area (Å²) in [6.45, 7) is 24.0. The van der Waals surface area contributed by atoms with Gasteiger partial charge in [-0.05, 0) is 114 Å². The van der Waals surface area contributed by atoms with Gasteiger partial charge in [0.05, 0.1) is 53.7 Å². The minimum Gasteiger partial charge on any atom is -0.493 e. The molecule has 2 heterocycles. The van der Waals surface area contributed by atoms with Crippen molar-refractivity contribution in [1.29, 1.82) is 0 Å². The van der Waals surface area contributed by atoms with E-state index in [1.807, 2.05) is 27.7 Å². The molecule has 0 saturated heterocycles. The van der Waals surface area contributed by atoms with Gasteiger partial charge in [-0.25, -0.2) is 28.3 Å². The van der Waals surface area contributed by atoms with Crippen molar-refractivity contribution in [2.45, 2.75) is 89.0 Å². The van der Waals surface area contributed by atoms with Gasteiger partial charge in [0.1, 0.15) is 23.1 Å². The number of rotatable bonds is 13. The predicted octanol–water partition coefficient (Wildman–Crippen LogP) is 12.9. The number of nitrogens with zero attached hydrogens (tertiary/aromatic N) is 2. The molecule has 2 aliphatic rings. The number of pyridine rings is 2. The Morgan fingerprint density at radius 1 is 0.717 bits per heavy atom. The van der Waals surface area contributed by atoms with Gasteiger partial charge < -0.3 is 19.3 Å². The molecule has 10 heteroatoms. The summed E-state index contributed by atoms with van der Waals surface area (Å²) in [5.74, 6) is 0.0724. The highest BCUT2D eigenvalue weighted by molar-refractivity contribution is 5.96. The van der Waals surface area contributed by atoms with E-state index in [0.29, 0.717) is 94.5 Å². The Morgan fingerprint density at radius 3 is 1.50 bits per heavy atom. The minimum absolute atomic E-state index is 0. The number of carbonyl (C=O) groups excluding carboxylic acids is 1. The fourth-order valence-corrected chi connectivity index (χ4v) is 8.08. The van der Waals surface area contributed by atoms with Crippen LogP contribution < -0.4 is 9.47 Å². The first-order valence-electron chi connectivity index (χ1n) is 20.9. The van der Waals surface area contributed by atoms with Gasteiger partial charge in [0, 0.05) is 24.7 Å². The van der Waals surface area contributed by atoms with Crippen molar-refractivity contribution >= 4 is 23.1 Å². The summed E-state index contributed by atoms with van der Waals surface area (Å²) in [6.07, 6.45) is 6.18. The lowest BCUT2D eigenvalue weighted by Crippen LogP contribution is -2.16. The number of allylic oxidation sites excluding steroid dienone is 4. The molecular weight excluding hydrogens is 763 g/mol. The Kier molecular flexibility index (Phi) is 14.4. The summed E-state index contributed by atoms with van der Waals surface area (Å²) >= 11 is 0. The number of carbonyl (C=O) groups is 2. The van der Waals surface area contributed by atoms with E-state index >= 15 is 0 Å². The van der Waals surface area contributed by atoms with Gasteiger partial charge >= 0.3 is 11.9 Å². The summed E-state index contributed by atoms with van der Waals surface area (Å²) in [5, 5.41) is 9.69. The average Bonchev–Trinajstić information content (AvgIpc) is 3.61. The SMILES string of the molecule is CC(C)COc1cc(F)cc(-c2ccc(C(=O)O)c(C3=CC(C)CC3(C)C)n2)c1.CCOC(=O)c1ccc(-c2cc(F)cc(OCC(C)C)c2)nc1C1=CC(C)CC1(C)C.[HH]. The van der Waals surface area contributed by atoms with Crippen LogP contribution in [0.1, 0.15) is 123 Å². The summed E-state index contributed by atoms with van der Waals surface area (Å²) in [7, 11) is 0. The number of aromatic nitrogens is 2. The third-order valence-electron chi connectivity index (χ3n) is 10.6. The Morgan fingerprint density at radius 2 is 1.13 bits per heavy atom. The van der Waals surface area contributed by atoms with Gasteiger partial charge in [-0.2, -0.15) is 0 Å². The minimum atomic E-state index is -1.02. The quantitative estimate of drug-likeness (QED) is 0.133. The van der Waals surface area contributed by atoms with Crippen molar-refractivity contribution in [3.05, 3.63) is 107 Å². The van der Waals surface area contributed by atoms with Gasteiger partial charge in [0.25, 0.3) is 0 Å². The highest BCUT2D eigenvalue weighted by atomic mass is 19.1. The maximum atomic E-state index is 14.3. The first-order valence-corrected chi connectivity index (χ1v) is 20.9. The number of hydrogen-bond acceptors (Lipinski definition) is 7. The Hall–Kier alpha value is -5.38. The van der Waals surface area contributed by atoms with E-state index in [9.17, 15) is 23.5 Å². The zero-order chi connectivity index (χ0) is 44.1. The highest BCUT2D eigenvalue weighted by Crippen LogP contribution is 2.48. The molecule has 2 aromatic heterocycles. The second kappa shape index (κ2) is 18.9. The molecule has 0 spiro atoms. The molecule has 0 bridgehead atoms. The number of aromatic carboxylic acids is 1. The van der Waals surface area contributed by atoms with E-state index in [4.69, 9.17) is 19.2 Å². The number of hydrogen-bond donors (Lipinski definition) is 1. The first-order chi connectivity index (χ1) is 28.2. The highest BCUT2D eigenvalue weighted by Gasteiger charge is 2.36. The van der Waals surface area contributed by atoms with Crippen molar-refractivity contribution < 1.29 is 39.1 Å². The number of carboxylic acid groups (broad SMARTS) is 1. The van der Waals surface area contributed by atoms with E-state index in [1.165, 1.54) is 24.3 Å². The van der Waals surface area contributed by atoms with E-state index in [0.717, 1.165) is 24.0 Å². The average molecular weight is 825 g/mol. The van der Waals surface area contributed by atoms with Crippen LogP contribution in [-0.2, 0) is 4.74 Å². The van der Waals surface area contributed by atoms with E-state index in [-0.39, 0.29) is 23.6 Å². The molecule has 0 radical (unpaired) electrons. The molecule has 322 valence electrons. The maximum absolute atomic E-state index is 14.3. The predicted molar refractivity (Wildman–Crippen MR) is 236 cm³/mol. The maximum Gasteiger partial charge on any atom is 0.340 e. The Balaban J connectivity index is 0.000000265. The van der Waals surface area contributed by atoms with E-state index < -0.39 is 17.8 Å². The monoisotopic (exact) mass is 824 g/mol. The smallest absolute Gasteiger partial charge is 0.340 e. The van der Waals surface area contributed by atoms with Crippen LogP contribution >= 0.6 is 0 Å². The molecule has 2 atom stereocenters. The zero-order valence-electron chi connectivity index (χ0n) is 36.9. The molecule has 6 rings (SSSR count). The lowest BCUT2D eigenvalue weighted by molar-refractivity contribution is 0.0524. The van der Waals surface area contributed by atoms with Crippen LogP contribution in [0.25, 0.3) is 33.7 Å². The fourth-order valence-electron chi connectivity index (χ4n) is 8.08. The lowest BCUT2D eigenvalue weighted by Gasteiger charge is -2.24. The van der Waals surface area contributed by atoms with E-state index in [1.54, 1.807) is 43.3 Å². The van der Waals surface area contributed by atoms with Crippen LogP contribution in [0.4, 0.5) is 8.78 Å². The van der Waals surface area contributed by atoms with Crippen molar-refractivity contribution in [2.24, 2.45) is 34.5 Å². The molecule has 0 amide bonds. The number of halogens is 2. The first kappa shape index (κ1) is 45.7. The van der Waals surface area contributed by atoms with Crippen molar-refractivity contribution in [3.63, 3.8) is 0 Å². The molecular formula is C50H62F2N2O6. The molecule has 4 aromatic rings. The third-order valence-corrected chi connectivity index (χ3v) is 10.6. The normalized spacial score (nSPS) is 17.8. The Labute approximate surface area is 355 Å². The molecule has 2 aromatic carbocycles. The van der Waals surface area contributed by atoms with Crippen LogP contribution in [-0.4, -0.2) is 46.8 Å². The zero-order valence-corrected chi connectivity index (χ0v) is 36.9. The molecule has 1 N–H and O–H groups in total. The number of benzene rings is 2. The summed E-state index contributed by atoms with van der Waals surface area (Å²) < 4.78 is 45.2. The van der Waals surface area contributed by atoms with Gasteiger partial charge in [-0.1, -0.05) is 81.4 Å². The van der Waals surface area contributed by atoms with Crippen LogP contribution in [0.2, 0.25) is 0 Å². The molecule has 0 fully saturated rings. The second-order valence-electron chi connectivity index (χ2n) is 18.3. The fraction of sp³-hybridized carbons (Fsp3) is 0.440. The molecule has 0 saturated carbocycles. The Bertz CT molecular complexity index is 2280. The molecule has 0 aliphatic heterocycles. The van der Waals surface area contributed by atoms with Gasteiger partial charge in [-0.15, -0.1) is 0 Å². The van der Waals surface area contributed by atoms with Gasteiger partial charge in [-0.3, -0.25) is 0 Å². The topological polar surface area (TPSA) is 108 Å². The van der Waals surface area contributed by atoms with Crippen LogP contribution in [0.3, 0.4) is 0 Å². The molecule has 2 aliphatic carbocycles. The summed E-state index contributed by atoms with van der Waals surface area (Å²) in [5.41, 5.74) is 5.60. The van der Waals surface area contributed by atoms with Gasteiger partial charge in [0.15, 0.2) is 0 Å². The lowest BCUT2D eigenvalue weighted by atomic mass is 9.82. The summed E-state index contributed by atoms with van der Waals surface area (Å²) in [6, 6.07) is 15.7. The molecule has 2 unspecified atom stereocenters. The van der Waals surface area contributed by atoms with Crippen molar-refractivity contribution in [1.82, 2.24) is 9.97 Å². The third kappa shape index (κ3) is 11.3. The molecule has 8 nitrogen and oxygen atoms in total. The number of carboxylic acids is 1. The van der Waals surface area contributed by atoms with Gasteiger partial charge in [0.2, 0.25) is 0 Å². The standard InChI is InChI=1S/C26H32FNO3.C24H28FNO3.H2/c1-7-30-25(29)21-8-9-23(28-24(21)22-10-17(4)14-26(22,5)6)18-11-19(27)13-20(12-18)31-15-16(2)3;1-14(2)13-29-18-10-16(9-17(25)11-18)21-7-6-19(23(27)28)22(26-21)20-8-15(3)12-24(20,4)5;/h8-13,16-17H,7,14-15H2,1-6H3;6-11,14-15H,12-13H2,1-5H3,(H,27,28);1H. The van der Waals surface area contributed by atoms with Crippen LogP contribution in [0, 0.1) is 46.1 Å².